The van der Waals surface area contributed by atoms with Crippen molar-refractivity contribution in [3.05, 3.63) is 59.7 Å². The maximum atomic E-state index is 13.2. The van der Waals surface area contributed by atoms with E-state index in [-0.39, 0.29) is 11.8 Å². The second-order valence-corrected chi connectivity index (χ2v) is 8.31. The number of carbonyl (C=O) groups excluding carboxylic acids is 2. The molecule has 0 radical (unpaired) electrons. The number of likely N-dealkylation sites (tertiary alicyclic amines) is 1. The van der Waals surface area contributed by atoms with Gasteiger partial charge in [0.1, 0.15) is 0 Å². The zero-order valence-electron chi connectivity index (χ0n) is 17.6. The average molecular weight is 406 g/mol. The number of rotatable bonds is 6. The molecule has 0 bridgehead atoms. The molecular weight excluding hydrogens is 374 g/mol. The number of hydrogen-bond donors (Lipinski definition) is 1. The van der Waals surface area contributed by atoms with Crippen molar-refractivity contribution in [3.8, 4) is 0 Å². The maximum absolute atomic E-state index is 13.2. The van der Waals surface area contributed by atoms with Crippen molar-refractivity contribution >= 4 is 23.2 Å². The topological polar surface area (TPSA) is 52.7 Å². The summed E-state index contributed by atoms with van der Waals surface area (Å²) in [5, 5.41) is 3.00. The molecule has 0 unspecified atom stereocenters. The Bertz CT molecular complexity index is 869. The van der Waals surface area contributed by atoms with Crippen molar-refractivity contribution < 1.29 is 9.59 Å². The summed E-state index contributed by atoms with van der Waals surface area (Å²) in [4.78, 5) is 30.0. The van der Waals surface area contributed by atoms with Crippen molar-refractivity contribution in [1.82, 2.24) is 4.90 Å². The van der Waals surface area contributed by atoms with E-state index >= 15 is 0 Å². The largest absolute Gasteiger partial charge is 0.371 e. The molecule has 0 aromatic heterocycles. The number of hydrogen-bond acceptors (Lipinski definition) is 3. The summed E-state index contributed by atoms with van der Waals surface area (Å²) >= 11 is 0. The van der Waals surface area contributed by atoms with Gasteiger partial charge in [-0.15, -0.1) is 0 Å². The standard InChI is InChI=1S/C25H31N3O2/c29-24(14-11-20-9-3-1-4-10-20)26-21-12-13-23(27-15-5-2-6-16-27)22(19-21)25(30)28-17-7-8-18-28/h1,3-4,9-10,12-13,19H,2,5-8,11,14-18H2,(H,26,29). The summed E-state index contributed by atoms with van der Waals surface area (Å²) in [7, 11) is 0. The first-order valence-electron chi connectivity index (χ1n) is 11.2. The van der Waals surface area contributed by atoms with Crippen LogP contribution in [-0.2, 0) is 11.2 Å². The molecule has 2 aliphatic heterocycles. The van der Waals surface area contributed by atoms with E-state index in [9.17, 15) is 9.59 Å². The predicted molar refractivity (Wildman–Crippen MR) is 121 cm³/mol. The van der Waals surface area contributed by atoms with Gasteiger partial charge in [-0.25, -0.2) is 0 Å². The average Bonchev–Trinajstić information content (AvgIpc) is 3.33. The molecule has 0 atom stereocenters. The van der Waals surface area contributed by atoms with Gasteiger partial charge in [-0.2, -0.15) is 0 Å². The Morgan fingerprint density at radius 2 is 1.53 bits per heavy atom. The summed E-state index contributed by atoms with van der Waals surface area (Å²) in [6.07, 6.45) is 6.85. The first-order chi connectivity index (χ1) is 14.7. The van der Waals surface area contributed by atoms with E-state index in [1.165, 1.54) is 6.42 Å². The highest BCUT2D eigenvalue weighted by Crippen LogP contribution is 2.29. The molecule has 2 saturated heterocycles. The molecule has 158 valence electrons. The van der Waals surface area contributed by atoms with Crippen molar-refractivity contribution in [2.45, 2.75) is 44.9 Å². The number of nitrogens with zero attached hydrogens (tertiary/aromatic N) is 2. The molecule has 2 heterocycles. The Morgan fingerprint density at radius 3 is 2.27 bits per heavy atom. The van der Waals surface area contributed by atoms with Gasteiger partial charge in [0, 0.05) is 44.0 Å². The van der Waals surface area contributed by atoms with E-state index in [2.05, 4.69) is 10.2 Å². The summed E-state index contributed by atoms with van der Waals surface area (Å²) in [6.45, 7) is 3.63. The highest BCUT2D eigenvalue weighted by Gasteiger charge is 2.25. The van der Waals surface area contributed by atoms with Crippen molar-refractivity contribution in [1.29, 1.82) is 0 Å². The fourth-order valence-electron chi connectivity index (χ4n) is 4.41. The molecule has 2 aromatic carbocycles. The van der Waals surface area contributed by atoms with Crippen LogP contribution in [0.1, 0.15) is 54.4 Å². The van der Waals surface area contributed by atoms with Gasteiger partial charge in [-0.1, -0.05) is 30.3 Å². The summed E-state index contributed by atoms with van der Waals surface area (Å²) in [5.74, 6) is 0.0672. The molecule has 2 aliphatic rings. The Balaban J connectivity index is 1.49. The summed E-state index contributed by atoms with van der Waals surface area (Å²) in [5.41, 5.74) is 3.59. The lowest BCUT2D eigenvalue weighted by Crippen LogP contribution is -2.34. The molecule has 0 spiro atoms. The van der Waals surface area contributed by atoms with Crippen LogP contribution in [0.25, 0.3) is 0 Å². The Morgan fingerprint density at radius 1 is 0.833 bits per heavy atom. The molecule has 30 heavy (non-hydrogen) atoms. The molecule has 0 aliphatic carbocycles. The van der Waals surface area contributed by atoms with Gasteiger partial charge in [-0.3, -0.25) is 9.59 Å². The number of piperidine rings is 1. The van der Waals surface area contributed by atoms with Crippen LogP contribution < -0.4 is 10.2 Å². The number of benzene rings is 2. The van der Waals surface area contributed by atoms with Crippen molar-refractivity contribution in [3.63, 3.8) is 0 Å². The predicted octanol–water partition coefficient (Wildman–Crippen LogP) is 4.48. The third-order valence-electron chi connectivity index (χ3n) is 6.08. The Hall–Kier alpha value is -2.82. The van der Waals surface area contributed by atoms with E-state index < -0.39 is 0 Å². The third kappa shape index (κ3) is 5.02. The highest BCUT2D eigenvalue weighted by atomic mass is 16.2. The molecule has 2 amide bonds. The zero-order valence-corrected chi connectivity index (χ0v) is 17.6. The lowest BCUT2D eigenvalue weighted by atomic mass is 10.0. The monoisotopic (exact) mass is 405 g/mol. The van der Waals surface area contributed by atoms with Crippen LogP contribution in [0.4, 0.5) is 11.4 Å². The fraction of sp³-hybridized carbons (Fsp3) is 0.440. The normalized spacial score (nSPS) is 16.5. The second-order valence-electron chi connectivity index (χ2n) is 8.31. The van der Waals surface area contributed by atoms with Crippen molar-refractivity contribution in [2.24, 2.45) is 0 Å². The van der Waals surface area contributed by atoms with Gasteiger partial charge in [-0.05, 0) is 62.3 Å². The van der Waals surface area contributed by atoms with Gasteiger partial charge >= 0.3 is 0 Å². The van der Waals surface area contributed by atoms with Crippen LogP contribution >= 0.6 is 0 Å². The molecule has 2 aromatic rings. The van der Waals surface area contributed by atoms with Crippen LogP contribution in [0.3, 0.4) is 0 Å². The molecular formula is C25H31N3O2. The van der Waals surface area contributed by atoms with Crippen molar-refractivity contribution in [2.75, 3.05) is 36.4 Å². The van der Waals surface area contributed by atoms with Gasteiger partial charge in [0.05, 0.1) is 5.56 Å². The minimum absolute atomic E-state index is 0.0239. The molecule has 4 rings (SSSR count). The van der Waals surface area contributed by atoms with E-state index in [4.69, 9.17) is 0 Å². The second kappa shape index (κ2) is 9.79. The first kappa shape index (κ1) is 20.5. The lowest BCUT2D eigenvalue weighted by Gasteiger charge is -2.31. The SMILES string of the molecule is O=C(CCc1ccccc1)Nc1ccc(N2CCCCC2)c(C(=O)N2CCCC2)c1. The van der Waals surface area contributed by atoms with Gasteiger partial charge < -0.3 is 15.1 Å². The van der Waals surface area contributed by atoms with E-state index in [1.807, 2.05) is 53.4 Å². The van der Waals surface area contributed by atoms with Crippen LogP contribution in [0.2, 0.25) is 0 Å². The number of nitrogens with one attached hydrogen (secondary N) is 1. The summed E-state index contributed by atoms with van der Waals surface area (Å²) in [6, 6.07) is 15.9. The van der Waals surface area contributed by atoms with E-state index in [0.717, 1.165) is 68.7 Å². The van der Waals surface area contributed by atoms with Crippen LogP contribution in [0.5, 0.6) is 0 Å². The van der Waals surface area contributed by atoms with E-state index in [0.29, 0.717) is 18.5 Å². The zero-order chi connectivity index (χ0) is 20.8. The maximum Gasteiger partial charge on any atom is 0.256 e. The number of amides is 2. The molecule has 0 saturated carbocycles. The fourth-order valence-corrected chi connectivity index (χ4v) is 4.41. The van der Waals surface area contributed by atoms with Crippen LogP contribution in [0.15, 0.2) is 48.5 Å². The van der Waals surface area contributed by atoms with Crippen LogP contribution in [-0.4, -0.2) is 42.9 Å². The quantitative estimate of drug-likeness (QED) is 0.771. The third-order valence-corrected chi connectivity index (χ3v) is 6.08. The smallest absolute Gasteiger partial charge is 0.256 e. The highest BCUT2D eigenvalue weighted by molar-refractivity contribution is 6.02. The molecule has 5 heteroatoms. The molecule has 1 N–H and O–H groups in total. The molecule has 5 nitrogen and oxygen atoms in total. The Labute approximate surface area is 179 Å². The lowest BCUT2D eigenvalue weighted by molar-refractivity contribution is -0.116. The number of carbonyl (C=O) groups is 2. The summed E-state index contributed by atoms with van der Waals surface area (Å²) < 4.78 is 0. The number of aryl methyl sites for hydroxylation is 1. The van der Waals surface area contributed by atoms with Gasteiger partial charge in [0.25, 0.3) is 5.91 Å². The minimum Gasteiger partial charge on any atom is -0.371 e. The van der Waals surface area contributed by atoms with Crippen LogP contribution in [0, 0.1) is 0 Å². The Kier molecular flexibility index (Phi) is 6.67. The first-order valence-corrected chi connectivity index (χ1v) is 11.2. The number of anilines is 2. The van der Waals surface area contributed by atoms with E-state index in [1.54, 1.807) is 0 Å². The van der Waals surface area contributed by atoms with Gasteiger partial charge in [0.2, 0.25) is 5.91 Å². The van der Waals surface area contributed by atoms with Gasteiger partial charge in [0.15, 0.2) is 0 Å². The minimum atomic E-state index is -0.0239. The molecule has 2 fully saturated rings.